The number of fused-ring (bicyclic) bond motifs is 1. The monoisotopic (exact) mass is 255 g/mol. The number of ether oxygens (including phenoxy) is 1. The molecule has 1 atom stereocenters. The van der Waals surface area contributed by atoms with Crippen molar-refractivity contribution in [2.75, 3.05) is 25.6 Å². The average Bonchev–Trinajstić information content (AvgIpc) is 2.74. The Morgan fingerprint density at radius 2 is 2.41 bits per heavy atom. The van der Waals surface area contributed by atoms with E-state index in [4.69, 9.17) is 16.3 Å². The normalized spacial score (nSPS) is 12.9. The highest BCUT2D eigenvalue weighted by Crippen LogP contribution is 2.10. The number of methoxy groups -OCH3 is 1. The summed E-state index contributed by atoms with van der Waals surface area (Å²) in [5, 5.41) is 7.21. The molecule has 0 bridgehead atoms. The van der Waals surface area contributed by atoms with Crippen molar-refractivity contribution in [3.05, 3.63) is 18.1 Å². The Bertz CT molecular complexity index is 500. The predicted molar refractivity (Wildman–Crippen MR) is 65.5 cm³/mol. The largest absolute Gasteiger partial charge is 0.383 e. The van der Waals surface area contributed by atoms with Gasteiger partial charge in [-0.15, -0.1) is 11.6 Å². The molecule has 2 rings (SSSR count). The van der Waals surface area contributed by atoms with Gasteiger partial charge in [-0.25, -0.2) is 4.98 Å². The molecule has 1 unspecified atom stereocenters. The Labute approximate surface area is 104 Å². The Morgan fingerprint density at radius 1 is 1.59 bits per heavy atom. The van der Waals surface area contributed by atoms with Crippen molar-refractivity contribution in [2.45, 2.75) is 12.3 Å². The molecule has 0 aliphatic heterocycles. The minimum absolute atomic E-state index is 0.0907. The summed E-state index contributed by atoms with van der Waals surface area (Å²) in [6.07, 6.45) is 1.47. The SMILES string of the molecule is COCC(Cl)CNc1cc(C)nc2ncnn12. The molecular weight excluding hydrogens is 242 g/mol. The van der Waals surface area contributed by atoms with Crippen molar-refractivity contribution in [2.24, 2.45) is 0 Å². The zero-order chi connectivity index (χ0) is 12.3. The van der Waals surface area contributed by atoms with Crippen LogP contribution in [0.5, 0.6) is 0 Å². The van der Waals surface area contributed by atoms with Crippen LogP contribution in [0.25, 0.3) is 5.78 Å². The summed E-state index contributed by atoms with van der Waals surface area (Å²) in [5.74, 6) is 1.40. The lowest BCUT2D eigenvalue weighted by atomic mass is 10.4. The lowest BCUT2D eigenvalue weighted by Gasteiger charge is -2.11. The van der Waals surface area contributed by atoms with Gasteiger partial charge in [0.05, 0.1) is 12.0 Å². The van der Waals surface area contributed by atoms with Gasteiger partial charge in [0.25, 0.3) is 5.78 Å². The van der Waals surface area contributed by atoms with Crippen molar-refractivity contribution in [3.8, 4) is 0 Å². The lowest BCUT2D eigenvalue weighted by Crippen LogP contribution is -2.20. The van der Waals surface area contributed by atoms with Crippen molar-refractivity contribution >= 4 is 23.2 Å². The molecule has 0 saturated heterocycles. The molecular formula is C10H14ClN5O. The van der Waals surface area contributed by atoms with E-state index < -0.39 is 0 Å². The van der Waals surface area contributed by atoms with Crippen molar-refractivity contribution in [1.82, 2.24) is 19.6 Å². The number of nitrogens with zero attached hydrogens (tertiary/aromatic N) is 4. The van der Waals surface area contributed by atoms with E-state index in [1.54, 1.807) is 11.6 Å². The molecule has 2 aromatic rings. The third kappa shape index (κ3) is 2.83. The second-order valence-corrected chi connectivity index (χ2v) is 4.31. The van der Waals surface area contributed by atoms with Crippen LogP contribution in [0.15, 0.2) is 12.4 Å². The Balaban J connectivity index is 2.14. The number of aromatic nitrogens is 4. The molecule has 0 spiro atoms. The second-order valence-electron chi connectivity index (χ2n) is 3.69. The number of hydrogen-bond donors (Lipinski definition) is 1. The van der Waals surface area contributed by atoms with Gasteiger partial charge >= 0.3 is 0 Å². The number of aryl methyl sites for hydroxylation is 1. The fourth-order valence-electron chi connectivity index (χ4n) is 1.51. The van der Waals surface area contributed by atoms with E-state index in [0.717, 1.165) is 11.5 Å². The molecule has 2 heterocycles. The molecule has 6 nitrogen and oxygen atoms in total. The number of nitrogens with one attached hydrogen (secondary N) is 1. The van der Waals surface area contributed by atoms with Crippen LogP contribution in [0.2, 0.25) is 0 Å². The van der Waals surface area contributed by atoms with Crippen LogP contribution in [0, 0.1) is 6.92 Å². The summed E-state index contributed by atoms with van der Waals surface area (Å²) < 4.78 is 6.61. The Morgan fingerprint density at radius 3 is 3.18 bits per heavy atom. The highest BCUT2D eigenvalue weighted by atomic mass is 35.5. The first-order valence-electron chi connectivity index (χ1n) is 5.25. The summed E-state index contributed by atoms with van der Waals surface area (Å²) >= 11 is 6.05. The molecule has 0 radical (unpaired) electrons. The number of rotatable bonds is 5. The number of hydrogen-bond acceptors (Lipinski definition) is 5. The third-order valence-electron chi connectivity index (χ3n) is 2.23. The van der Waals surface area contributed by atoms with E-state index in [2.05, 4.69) is 20.4 Å². The summed E-state index contributed by atoms with van der Waals surface area (Å²) in [6, 6.07) is 1.90. The van der Waals surface area contributed by atoms with E-state index >= 15 is 0 Å². The fourth-order valence-corrected chi connectivity index (χ4v) is 1.71. The summed E-state index contributed by atoms with van der Waals surface area (Å²) in [6.45, 7) is 3.00. The molecule has 0 aliphatic carbocycles. The van der Waals surface area contributed by atoms with Crippen LogP contribution in [0.3, 0.4) is 0 Å². The van der Waals surface area contributed by atoms with Crippen LogP contribution >= 0.6 is 11.6 Å². The average molecular weight is 256 g/mol. The fraction of sp³-hybridized carbons (Fsp3) is 0.500. The van der Waals surface area contributed by atoms with Crippen LogP contribution in [0.4, 0.5) is 5.82 Å². The highest BCUT2D eigenvalue weighted by Gasteiger charge is 2.08. The minimum atomic E-state index is -0.0907. The first-order chi connectivity index (χ1) is 8.20. The van der Waals surface area contributed by atoms with E-state index in [1.807, 2.05) is 13.0 Å². The van der Waals surface area contributed by atoms with Gasteiger partial charge in [-0.2, -0.15) is 14.6 Å². The molecule has 2 aromatic heterocycles. The van der Waals surface area contributed by atoms with Crippen LogP contribution < -0.4 is 5.32 Å². The van der Waals surface area contributed by atoms with Crippen LogP contribution in [-0.2, 0) is 4.74 Å². The maximum absolute atomic E-state index is 6.05. The number of alkyl halides is 1. The summed E-state index contributed by atoms with van der Waals surface area (Å²) in [4.78, 5) is 8.30. The molecule has 0 saturated carbocycles. The maximum Gasteiger partial charge on any atom is 0.254 e. The minimum Gasteiger partial charge on any atom is -0.383 e. The second kappa shape index (κ2) is 5.29. The summed E-state index contributed by atoms with van der Waals surface area (Å²) in [7, 11) is 1.63. The topological polar surface area (TPSA) is 64.3 Å². The smallest absolute Gasteiger partial charge is 0.254 e. The Hall–Kier alpha value is -1.40. The predicted octanol–water partition coefficient (Wildman–Crippen LogP) is 1.10. The van der Waals surface area contributed by atoms with Crippen LogP contribution in [-0.4, -0.2) is 45.2 Å². The zero-order valence-corrected chi connectivity index (χ0v) is 10.5. The van der Waals surface area contributed by atoms with Gasteiger partial charge in [0.1, 0.15) is 12.1 Å². The van der Waals surface area contributed by atoms with E-state index in [1.165, 1.54) is 6.33 Å². The quantitative estimate of drug-likeness (QED) is 0.811. The van der Waals surface area contributed by atoms with Gasteiger partial charge in [0, 0.05) is 25.4 Å². The van der Waals surface area contributed by atoms with Crippen molar-refractivity contribution < 1.29 is 4.74 Å². The van der Waals surface area contributed by atoms with Gasteiger partial charge in [-0.05, 0) is 6.92 Å². The third-order valence-corrected chi connectivity index (χ3v) is 2.51. The lowest BCUT2D eigenvalue weighted by molar-refractivity contribution is 0.200. The standard InChI is InChI=1S/C10H14ClN5O/c1-7-3-9(12-4-8(11)5-17-2)16-10(15-7)13-6-14-16/h3,6,8,12H,4-5H2,1-2H3. The highest BCUT2D eigenvalue weighted by molar-refractivity contribution is 6.21. The van der Waals surface area contributed by atoms with Crippen molar-refractivity contribution in [3.63, 3.8) is 0 Å². The molecule has 7 heteroatoms. The van der Waals surface area contributed by atoms with Crippen LogP contribution in [0.1, 0.15) is 5.69 Å². The Kier molecular flexibility index (Phi) is 3.75. The molecule has 0 amide bonds. The van der Waals surface area contributed by atoms with Gasteiger partial charge in [0.2, 0.25) is 0 Å². The maximum atomic E-state index is 6.05. The van der Waals surface area contributed by atoms with Crippen molar-refractivity contribution in [1.29, 1.82) is 0 Å². The van der Waals surface area contributed by atoms with E-state index in [-0.39, 0.29) is 5.38 Å². The van der Waals surface area contributed by atoms with E-state index in [0.29, 0.717) is 18.9 Å². The molecule has 0 aromatic carbocycles. The van der Waals surface area contributed by atoms with Gasteiger partial charge in [-0.3, -0.25) is 0 Å². The number of halogens is 1. The first-order valence-corrected chi connectivity index (χ1v) is 5.68. The molecule has 92 valence electrons. The molecule has 0 fully saturated rings. The first kappa shape index (κ1) is 12.1. The molecule has 17 heavy (non-hydrogen) atoms. The molecule has 0 aliphatic rings. The van der Waals surface area contributed by atoms with Gasteiger partial charge < -0.3 is 10.1 Å². The zero-order valence-electron chi connectivity index (χ0n) is 9.72. The number of anilines is 1. The van der Waals surface area contributed by atoms with Gasteiger partial charge in [0.15, 0.2) is 0 Å². The van der Waals surface area contributed by atoms with E-state index in [9.17, 15) is 0 Å². The molecule has 1 N–H and O–H groups in total. The summed E-state index contributed by atoms with van der Waals surface area (Å²) in [5.41, 5.74) is 0.880. The van der Waals surface area contributed by atoms with Gasteiger partial charge in [-0.1, -0.05) is 0 Å².